The summed E-state index contributed by atoms with van der Waals surface area (Å²) in [5, 5.41) is 0. The van der Waals surface area contributed by atoms with Crippen molar-refractivity contribution in [2.75, 3.05) is 6.61 Å². The molecule has 0 aliphatic carbocycles. The minimum absolute atomic E-state index is 0.0525. The van der Waals surface area contributed by atoms with E-state index >= 15 is 0 Å². The molecule has 0 spiro atoms. The first kappa shape index (κ1) is 4.98. The molecule has 0 heterocycles. The van der Waals surface area contributed by atoms with E-state index in [9.17, 15) is 0 Å². The highest BCUT2D eigenvalue weighted by atomic mass is 32.1. The molecule has 0 fully saturated rings. The maximum Gasteiger partial charge on any atom is 0.227 e. The topological polar surface area (TPSA) is 26.3 Å². The van der Waals surface area contributed by atoms with Crippen LogP contribution in [0.25, 0.3) is 0 Å². The molecule has 0 aliphatic heterocycles. The van der Waals surface area contributed by atoms with E-state index < -0.39 is 0 Å². The fourth-order valence-electron chi connectivity index (χ4n) is 0.0264. The van der Waals surface area contributed by atoms with Crippen molar-refractivity contribution in [1.82, 2.24) is 0 Å². The maximum atomic E-state index is 9.11. The normalized spacial score (nSPS) is 7.40. The van der Waals surface area contributed by atoms with Crippen molar-refractivity contribution in [2.24, 2.45) is 0 Å². The van der Waals surface area contributed by atoms with Gasteiger partial charge in [-0.1, -0.05) is 0 Å². The van der Waals surface area contributed by atoms with Gasteiger partial charge in [0.05, 0.1) is 0 Å². The lowest BCUT2D eigenvalue weighted by Crippen LogP contribution is -1.79. The Kier molecular flexibility index (Phi) is 3.96. The highest BCUT2D eigenvalue weighted by Crippen LogP contribution is 1.68. The summed E-state index contributed by atoms with van der Waals surface area (Å²) in [6.07, 6.45) is 1.47. The van der Waals surface area contributed by atoms with Gasteiger partial charge >= 0.3 is 0 Å². The molecule has 0 aromatic carbocycles. The Morgan fingerprint density at radius 1 is 2.00 bits per heavy atom. The van der Waals surface area contributed by atoms with Gasteiger partial charge in [-0.3, -0.25) is 4.79 Å². The number of rotatable bonds is 2. The van der Waals surface area contributed by atoms with Gasteiger partial charge in [-0.2, -0.15) is 0 Å². The van der Waals surface area contributed by atoms with Crippen LogP contribution in [0.1, 0.15) is 0 Å². The predicted molar refractivity (Wildman–Crippen MR) is 20.6 cm³/mol. The third-order valence-corrected chi connectivity index (χ3v) is 0.253. The van der Waals surface area contributed by atoms with Gasteiger partial charge < -0.3 is 4.18 Å². The molecule has 0 bridgehead atoms. The van der Waals surface area contributed by atoms with Crippen molar-refractivity contribution >= 4 is 19.2 Å². The van der Waals surface area contributed by atoms with E-state index in [4.69, 9.17) is 4.79 Å². The summed E-state index contributed by atoms with van der Waals surface area (Å²) in [6, 6.07) is 0. The first-order valence-corrected chi connectivity index (χ1v) is 1.39. The smallest absolute Gasteiger partial charge is 0.227 e. The predicted octanol–water partition coefficient (Wildman–Crippen LogP) is -0.0425. The van der Waals surface area contributed by atoms with Crippen LogP contribution in [-0.2, 0) is 8.98 Å². The Morgan fingerprint density at radius 2 is 2.60 bits per heavy atom. The lowest BCUT2D eigenvalue weighted by molar-refractivity contribution is 0.430. The Hall–Kier alpha value is -0.0200. The van der Waals surface area contributed by atoms with Gasteiger partial charge in [-0.05, 0) is 12.9 Å². The number of hydrogen-bond acceptors (Lipinski definition) is 3. The van der Waals surface area contributed by atoms with Crippen LogP contribution in [0.3, 0.4) is 0 Å². The summed E-state index contributed by atoms with van der Waals surface area (Å²) < 4.78 is 3.96. The van der Waals surface area contributed by atoms with E-state index in [2.05, 4.69) is 17.1 Å². The molecule has 29 valence electrons. The monoisotopic (exact) mass is 91.0 g/mol. The van der Waals surface area contributed by atoms with E-state index in [-0.39, 0.29) is 6.61 Å². The molecule has 3 heteroatoms. The Bertz CT molecular complexity index is 28.8. The highest BCUT2D eigenvalue weighted by Gasteiger charge is 1.68. The summed E-state index contributed by atoms with van der Waals surface area (Å²) in [4.78, 5) is 9.11. The molecule has 0 aromatic heterocycles. The SMILES string of the molecule is O=[C]COS. The Balaban J connectivity index is 2.40. The fourth-order valence-corrected chi connectivity index (χ4v) is 0.0791. The number of thiol groups is 1. The van der Waals surface area contributed by atoms with Crippen molar-refractivity contribution in [3.63, 3.8) is 0 Å². The minimum Gasteiger partial charge on any atom is -0.310 e. The molecule has 0 saturated carbocycles. The number of carbonyl (C=O) groups excluding carboxylic acids is 1. The Labute approximate surface area is 35.7 Å². The van der Waals surface area contributed by atoms with Gasteiger partial charge in [0.15, 0.2) is 0 Å². The van der Waals surface area contributed by atoms with Crippen LogP contribution in [0.15, 0.2) is 0 Å². The summed E-state index contributed by atoms with van der Waals surface area (Å²) in [6.45, 7) is -0.0525. The van der Waals surface area contributed by atoms with Crippen molar-refractivity contribution in [2.45, 2.75) is 0 Å². The van der Waals surface area contributed by atoms with Crippen LogP contribution in [0.5, 0.6) is 0 Å². The molecule has 0 rings (SSSR count). The molecule has 0 N–H and O–H groups in total. The van der Waals surface area contributed by atoms with Crippen molar-refractivity contribution in [1.29, 1.82) is 0 Å². The largest absolute Gasteiger partial charge is 0.310 e. The Morgan fingerprint density at radius 3 is 2.60 bits per heavy atom. The van der Waals surface area contributed by atoms with Crippen LogP contribution in [0.4, 0.5) is 0 Å². The standard InChI is InChI=1S/C2H3O2S/c3-1-2-4-5/h5H,2H2. The lowest BCUT2D eigenvalue weighted by atomic mass is 10.9. The molecular formula is C2H3O2S. The second-order valence-corrected chi connectivity index (χ2v) is 0.676. The van der Waals surface area contributed by atoms with Gasteiger partial charge in [-0.25, -0.2) is 0 Å². The van der Waals surface area contributed by atoms with Gasteiger partial charge in [0.25, 0.3) is 0 Å². The first-order chi connectivity index (χ1) is 2.41. The van der Waals surface area contributed by atoms with E-state index in [0.717, 1.165) is 0 Å². The molecule has 2 nitrogen and oxygen atoms in total. The van der Waals surface area contributed by atoms with Crippen molar-refractivity contribution < 1.29 is 8.98 Å². The molecule has 0 aliphatic rings. The summed E-state index contributed by atoms with van der Waals surface area (Å²) in [5.41, 5.74) is 0. The third kappa shape index (κ3) is 3.98. The zero-order chi connectivity index (χ0) is 4.12. The molecule has 0 aromatic rings. The molecule has 0 unspecified atom stereocenters. The third-order valence-electron chi connectivity index (χ3n) is 0.123. The van der Waals surface area contributed by atoms with Crippen LogP contribution >= 0.6 is 12.9 Å². The van der Waals surface area contributed by atoms with Crippen molar-refractivity contribution in [3.8, 4) is 0 Å². The second kappa shape index (κ2) is 3.98. The molecule has 0 atom stereocenters. The van der Waals surface area contributed by atoms with Gasteiger partial charge in [0, 0.05) is 0 Å². The average Bonchev–Trinajstić information content (AvgIpc) is 1.41. The molecule has 1 radical (unpaired) electrons. The van der Waals surface area contributed by atoms with Gasteiger partial charge in [0.2, 0.25) is 6.29 Å². The number of hydrogen-bond donors (Lipinski definition) is 1. The molecular weight excluding hydrogens is 88.1 g/mol. The van der Waals surface area contributed by atoms with Crippen LogP contribution in [-0.4, -0.2) is 12.9 Å². The van der Waals surface area contributed by atoms with Crippen LogP contribution in [0, 0.1) is 0 Å². The lowest BCUT2D eigenvalue weighted by Gasteiger charge is -1.72. The molecule has 0 saturated heterocycles. The average molecular weight is 91.1 g/mol. The zero-order valence-electron chi connectivity index (χ0n) is 2.47. The maximum absolute atomic E-state index is 9.11. The highest BCUT2D eigenvalue weighted by molar-refractivity contribution is 7.75. The minimum atomic E-state index is -0.0525. The first-order valence-electron chi connectivity index (χ1n) is 1.03. The van der Waals surface area contributed by atoms with Crippen LogP contribution < -0.4 is 0 Å². The van der Waals surface area contributed by atoms with E-state index in [1.165, 1.54) is 6.29 Å². The zero-order valence-corrected chi connectivity index (χ0v) is 3.37. The molecule has 5 heavy (non-hydrogen) atoms. The van der Waals surface area contributed by atoms with E-state index in [1.54, 1.807) is 0 Å². The summed E-state index contributed by atoms with van der Waals surface area (Å²) in [5.74, 6) is 0. The second-order valence-electron chi connectivity index (χ2n) is 0.418. The van der Waals surface area contributed by atoms with E-state index in [0.29, 0.717) is 0 Å². The van der Waals surface area contributed by atoms with Gasteiger partial charge in [-0.15, -0.1) is 0 Å². The molecule has 0 amide bonds. The van der Waals surface area contributed by atoms with Gasteiger partial charge in [0.1, 0.15) is 6.61 Å². The quantitative estimate of drug-likeness (QED) is 0.381. The van der Waals surface area contributed by atoms with Crippen molar-refractivity contribution in [3.05, 3.63) is 0 Å². The summed E-state index contributed by atoms with van der Waals surface area (Å²) >= 11 is 3.24. The van der Waals surface area contributed by atoms with Crippen LogP contribution in [0.2, 0.25) is 0 Å². The summed E-state index contributed by atoms with van der Waals surface area (Å²) in [7, 11) is 0. The fraction of sp³-hybridized carbons (Fsp3) is 0.500. The van der Waals surface area contributed by atoms with E-state index in [1.807, 2.05) is 0 Å².